The van der Waals surface area contributed by atoms with E-state index in [1.54, 1.807) is 30.3 Å². The largest absolute Gasteiger partial charge is 0.436 e. The lowest BCUT2D eigenvalue weighted by atomic mass is 10.1. The third kappa shape index (κ3) is 3.64. The van der Waals surface area contributed by atoms with Gasteiger partial charge in [0.05, 0.1) is 10.6 Å². The highest BCUT2D eigenvalue weighted by Crippen LogP contribution is 2.28. The van der Waals surface area contributed by atoms with E-state index in [2.05, 4.69) is 16.4 Å². The monoisotopic (exact) mass is 390 g/mol. The minimum absolute atomic E-state index is 0.262. The molecule has 0 fully saturated rings. The topological polar surface area (TPSA) is 55.1 Å². The molecule has 0 saturated heterocycles. The number of hydrogen-bond acceptors (Lipinski definition) is 3. The van der Waals surface area contributed by atoms with E-state index < -0.39 is 0 Å². The summed E-state index contributed by atoms with van der Waals surface area (Å²) in [4.78, 5) is 17.1. The fourth-order valence-electron chi connectivity index (χ4n) is 3.23. The van der Waals surface area contributed by atoms with Crippen molar-refractivity contribution in [3.63, 3.8) is 0 Å². The molecule has 1 aromatic heterocycles. The highest BCUT2D eigenvalue weighted by Gasteiger charge is 2.13. The Balaban J connectivity index is 1.63. The number of amides is 1. The summed E-state index contributed by atoms with van der Waals surface area (Å²) >= 11 is 6.19. The molecule has 0 aliphatic rings. The molecule has 28 heavy (non-hydrogen) atoms. The first-order valence-electron chi connectivity index (χ1n) is 8.96. The highest BCUT2D eigenvalue weighted by molar-refractivity contribution is 6.34. The number of aryl methyl sites for hydroxylation is 3. The third-order valence-corrected chi connectivity index (χ3v) is 4.80. The molecule has 0 aliphatic carbocycles. The molecule has 1 amide bonds. The number of nitrogens with one attached hydrogen (secondary N) is 1. The summed E-state index contributed by atoms with van der Waals surface area (Å²) in [7, 11) is 0. The van der Waals surface area contributed by atoms with Crippen molar-refractivity contribution in [1.82, 2.24) is 4.98 Å². The predicted octanol–water partition coefficient (Wildman–Crippen LogP) is 6.33. The standard InChI is InChI=1S/C23H19ClN2O2/c1-13-4-6-18(19(24)11-13)22(27)25-17-5-7-21-20(12-17)26-23(28-21)16-9-14(2)8-15(3)10-16/h4-12H,1-3H3,(H,25,27). The second-order valence-corrected chi connectivity index (χ2v) is 7.42. The van der Waals surface area contributed by atoms with E-state index in [0.29, 0.717) is 33.3 Å². The molecule has 3 aromatic carbocycles. The van der Waals surface area contributed by atoms with Crippen LogP contribution in [0.3, 0.4) is 0 Å². The van der Waals surface area contributed by atoms with Gasteiger partial charge in [-0.1, -0.05) is 34.9 Å². The van der Waals surface area contributed by atoms with Crippen LogP contribution in [0.1, 0.15) is 27.0 Å². The number of aromatic nitrogens is 1. The molecule has 4 nitrogen and oxygen atoms in total. The molecule has 140 valence electrons. The lowest BCUT2D eigenvalue weighted by Crippen LogP contribution is -2.12. The van der Waals surface area contributed by atoms with Gasteiger partial charge in [0.2, 0.25) is 5.89 Å². The number of rotatable bonds is 3. The Bertz CT molecular complexity index is 1190. The van der Waals surface area contributed by atoms with Gasteiger partial charge >= 0.3 is 0 Å². The number of carbonyl (C=O) groups is 1. The van der Waals surface area contributed by atoms with Gasteiger partial charge in [-0.05, 0) is 68.8 Å². The van der Waals surface area contributed by atoms with Gasteiger partial charge < -0.3 is 9.73 Å². The van der Waals surface area contributed by atoms with E-state index in [-0.39, 0.29) is 5.91 Å². The SMILES string of the molecule is Cc1cc(C)cc(-c2nc3cc(NC(=O)c4ccc(C)cc4Cl)ccc3o2)c1. The van der Waals surface area contributed by atoms with Crippen LogP contribution in [-0.4, -0.2) is 10.9 Å². The van der Waals surface area contributed by atoms with E-state index in [1.807, 2.05) is 39.0 Å². The average molecular weight is 391 g/mol. The lowest BCUT2D eigenvalue weighted by molar-refractivity contribution is 0.102. The van der Waals surface area contributed by atoms with Gasteiger partial charge in [0.25, 0.3) is 5.91 Å². The number of nitrogens with zero attached hydrogens (tertiary/aromatic N) is 1. The van der Waals surface area contributed by atoms with Crippen molar-refractivity contribution in [3.05, 3.63) is 81.9 Å². The van der Waals surface area contributed by atoms with Crippen molar-refractivity contribution in [2.45, 2.75) is 20.8 Å². The fourth-order valence-corrected chi connectivity index (χ4v) is 3.55. The zero-order valence-corrected chi connectivity index (χ0v) is 16.6. The summed E-state index contributed by atoms with van der Waals surface area (Å²) in [6.45, 7) is 6.02. The fraction of sp³-hybridized carbons (Fsp3) is 0.130. The first-order valence-corrected chi connectivity index (χ1v) is 9.33. The summed E-state index contributed by atoms with van der Waals surface area (Å²) in [5.41, 5.74) is 6.66. The Morgan fingerprint density at radius 1 is 0.929 bits per heavy atom. The molecule has 0 unspecified atom stereocenters. The second kappa shape index (κ2) is 7.13. The Kier molecular flexibility index (Phi) is 4.65. The maximum atomic E-state index is 12.5. The van der Waals surface area contributed by atoms with Gasteiger partial charge in [-0.2, -0.15) is 0 Å². The Hall–Kier alpha value is -3.11. The molecule has 1 N–H and O–H groups in total. The van der Waals surface area contributed by atoms with Crippen molar-refractivity contribution in [3.8, 4) is 11.5 Å². The first-order chi connectivity index (χ1) is 13.4. The molecule has 0 spiro atoms. The summed E-state index contributed by atoms with van der Waals surface area (Å²) in [5, 5.41) is 3.30. The van der Waals surface area contributed by atoms with Crippen LogP contribution in [0.5, 0.6) is 0 Å². The van der Waals surface area contributed by atoms with Crippen LogP contribution in [-0.2, 0) is 0 Å². The smallest absolute Gasteiger partial charge is 0.257 e. The zero-order chi connectivity index (χ0) is 19.8. The Labute approximate surface area is 168 Å². The average Bonchev–Trinajstić information content (AvgIpc) is 3.04. The number of fused-ring (bicyclic) bond motifs is 1. The molecule has 1 heterocycles. The molecular weight excluding hydrogens is 372 g/mol. The van der Waals surface area contributed by atoms with Crippen LogP contribution in [0.15, 0.2) is 59.0 Å². The number of oxazole rings is 1. The van der Waals surface area contributed by atoms with E-state index >= 15 is 0 Å². The van der Waals surface area contributed by atoms with Crippen molar-refractivity contribution >= 4 is 34.3 Å². The quantitative estimate of drug-likeness (QED) is 0.445. The molecule has 4 rings (SSSR count). The van der Waals surface area contributed by atoms with Crippen LogP contribution in [0.4, 0.5) is 5.69 Å². The number of anilines is 1. The van der Waals surface area contributed by atoms with Gasteiger partial charge in [-0.25, -0.2) is 4.98 Å². The van der Waals surface area contributed by atoms with E-state index in [0.717, 1.165) is 22.3 Å². The van der Waals surface area contributed by atoms with Crippen molar-refractivity contribution in [1.29, 1.82) is 0 Å². The lowest BCUT2D eigenvalue weighted by Gasteiger charge is -2.07. The number of benzene rings is 3. The van der Waals surface area contributed by atoms with Crippen LogP contribution in [0.2, 0.25) is 5.02 Å². The molecule has 0 bridgehead atoms. The van der Waals surface area contributed by atoms with Crippen LogP contribution < -0.4 is 5.32 Å². The van der Waals surface area contributed by atoms with E-state index in [4.69, 9.17) is 16.0 Å². The van der Waals surface area contributed by atoms with Gasteiger partial charge in [-0.3, -0.25) is 4.79 Å². The molecule has 4 aromatic rings. The van der Waals surface area contributed by atoms with E-state index in [1.165, 1.54) is 0 Å². The van der Waals surface area contributed by atoms with Gasteiger partial charge in [-0.15, -0.1) is 0 Å². The molecule has 0 saturated carbocycles. The number of halogens is 1. The van der Waals surface area contributed by atoms with Crippen molar-refractivity contribution in [2.75, 3.05) is 5.32 Å². The summed E-state index contributed by atoms with van der Waals surface area (Å²) in [5.74, 6) is 0.300. The normalized spacial score (nSPS) is 11.0. The van der Waals surface area contributed by atoms with Crippen LogP contribution in [0, 0.1) is 20.8 Å². The molecule has 5 heteroatoms. The van der Waals surface area contributed by atoms with Crippen molar-refractivity contribution < 1.29 is 9.21 Å². The highest BCUT2D eigenvalue weighted by atomic mass is 35.5. The van der Waals surface area contributed by atoms with Crippen molar-refractivity contribution in [2.24, 2.45) is 0 Å². The summed E-state index contributed by atoms with van der Waals surface area (Å²) in [6.07, 6.45) is 0. The molecule has 0 aliphatic heterocycles. The summed E-state index contributed by atoms with van der Waals surface area (Å²) in [6, 6.07) is 16.9. The van der Waals surface area contributed by atoms with Gasteiger partial charge in [0.1, 0.15) is 5.52 Å². The minimum Gasteiger partial charge on any atom is -0.436 e. The molecule has 0 atom stereocenters. The number of hydrogen-bond donors (Lipinski definition) is 1. The number of carbonyl (C=O) groups excluding carboxylic acids is 1. The van der Waals surface area contributed by atoms with E-state index in [9.17, 15) is 4.79 Å². The van der Waals surface area contributed by atoms with Gasteiger partial charge in [0.15, 0.2) is 5.58 Å². The van der Waals surface area contributed by atoms with Crippen LogP contribution in [0.25, 0.3) is 22.6 Å². The molecule has 0 radical (unpaired) electrons. The van der Waals surface area contributed by atoms with Gasteiger partial charge in [0, 0.05) is 11.3 Å². The second-order valence-electron chi connectivity index (χ2n) is 7.02. The summed E-state index contributed by atoms with van der Waals surface area (Å²) < 4.78 is 5.90. The maximum Gasteiger partial charge on any atom is 0.257 e. The third-order valence-electron chi connectivity index (χ3n) is 4.48. The van der Waals surface area contributed by atoms with Crippen LogP contribution >= 0.6 is 11.6 Å². The molecular formula is C23H19ClN2O2. The Morgan fingerprint density at radius 2 is 1.68 bits per heavy atom. The predicted molar refractivity (Wildman–Crippen MR) is 113 cm³/mol. The minimum atomic E-state index is -0.262. The Morgan fingerprint density at radius 3 is 2.39 bits per heavy atom. The zero-order valence-electron chi connectivity index (χ0n) is 15.8. The first kappa shape index (κ1) is 18.3. The maximum absolute atomic E-state index is 12.5.